The van der Waals surface area contributed by atoms with E-state index in [1.165, 1.54) is 31.3 Å². The smallest absolute Gasteiger partial charge is 0.508 e. The van der Waals surface area contributed by atoms with Crippen molar-refractivity contribution in [3.63, 3.8) is 0 Å². The molecule has 8 heterocycles. The van der Waals surface area contributed by atoms with Gasteiger partial charge in [-0.15, -0.1) is 13.2 Å². The third kappa shape index (κ3) is 22.0. The minimum atomic E-state index is -4.88. The molecule has 9 amide bonds. The molecular formula is C83H97Cl2F3N12O26. The van der Waals surface area contributed by atoms with Gasteiger partial charge in [-0.2, -0.15) is 0 Å². The highest BCUT2D eigenvalue weighted by molar-refractivity contribution is 6.32. The van der Waals surface area contributed by atoms with Gasteiger partial charge in [0.15, 0.2) is 23.9 Å². The zero-order valence-corrected chi connectivity index (χ0v) is 70.0. The number of aliphatic hydroxyl groups is 6. The Labute approximate surface area is 727 Å². The largest absolute Gasteiger partial charge is 0.573 e. The Hall–Kier alpha value is -11.0. The van der Waals surface area contributed by atoms with Crippen molar-refractivity contribution in [3.8, 4) is 62.9 Å². The maximum absolute atomic E-state index is 16.3. The molecule has 38 nitrogen and oxygen atoms in total. The van der Waals surface area contributed by atoms with E-state index < -0.39 is 249 Å². The number of nitrogens with one attached hydrogen (secondary N) is 10. The number of amides is 9. The molecule has 680 valence electrons. The minimum absolute atomic E-state index is 0.0907. The number of likely N-dealkylation sites (N-methyl/N-ethyl adjacent to an activating group) is 1. The molecule has 8 aliphatic heterocycles. The van der Waals surface area contributed by atoms with Gasteiger partial charge in [0.05, 0.1) is 54.9 Å². The molecule has 0 aliphatic carbocycles. The van der Waals surface area contributed by atoms with Crippen molar-refractivity contribution in [2.45, 2.75) is 188 Å². The van der Waals surface area contributed by atoms with Crippen LogP contribution in [0.4, 0.5) is 13.2 Å². The predicted molar refractivity (Wildman–Crippen MR) is 435 cm³/mol. The quantitative estimate of drug-likeness (QED) is 0.0432. The predicted octanol–water partition coefficient (Wildman–Crippen LogP) is 2.05. The molecule has 11 bridgehead atoms. The fourth-order valence-electron chi connectivity index (χ4n) is 15.9. The average molecular weight is 1810 g/mol. The highest BCUT2D eigenvalue weighted by atomic mass is 35.5. The number of halogens is 5. The summed E-state index contributed by atoms with van der Waals surface area (Å²) in [7, 11) is 2.50. The number of nitrogens with two attached hydrogens (primary N) is 1. The molecule has 21 N–H and O–H groups in total. The third-order valence-electron chi connectivity index (χ3n) is 22.4. The fourth-order valence-corrected chi connectivity index (χ4v) is 16.3. The van der Waals surface area contributed by atoms with E-state index in [1.807, 2.05) is 13.8 Å². The standard InChI is InChI=1S/C83H97Cl2F3N12O26/c1-35(2)23-49(90-5)74(112)97-65-67(107)39-10-15-53(47(84)26-39)121-55-28-41-29-56(71(55)125-81-72(70(110)69(109)57(34-101)123-81)124-60-33-82(4,73(111)36(3)120-60)91-19-22-100-20-17-42(18-21-100)92-59(106)24-37-7-12-44(13-8-37)126-83(86,87)88)122-54-16-11-40(27-48(54)85)68(108)66-79(117)96-64(80(118)99-119-6)46-30-43(102)31-52(104)61(46)45-25-38(9-14-51(45)103)62(76(114)98-66)95-77(115)63(41)94-75(113)50(32-58(89)105)93-78(65)116/h7-16,25-31,35-36,42,49-50,57,60,62-70,72-73,81,90-91,101-104,107-111H,17-24,32-34H2,1-6H3,(H2,89,105)(H,92,106)(H,93,116)(H,94,113)(H,95,115)(H,96,117)(H,97,112)(H,98,114)(H,99,118)/t36?,49?,50?,57?,60?,62?,63?,64-,65?,66?,67?,68?,69?,70?,72?,73?,81?,82-/m1/s1. The second kappa shape index (κ2) is 39.9. The SMILES string of the molecule is CNC(CC(C)C)C(=O)NC1C(=O)NC(CC(N)=O)C(=O)NC2C(=O)NC3C(=O)NC(C(=O)N[C@@H](C(=O)NOC)c4cc(O)cc(O)c4-c4cc3ccc4O)C(O)c3ccc(c(Cl)c3)Oc3cc2cc(c3OC2OC(CO)C(O)C(O)C2OC2C[C@@](C)(NCCN3CCC(NC(=O)Cc4ccc(OC(F)(F)F)cc4)CC3)C(O)C(C)O2)Oc2ccc(cc2Cl)C1O. The van der Waals surface area contributed by atoms with Crippen molar-refractivity contribution in [1.29, 1.82) is 0 Å². The lowest BCUT2D eigenvalue weighted by molar-refractivity contribution is -0.334. The van der Waals surface area contributed by atoms with Gasteiger partial charge in [0.1, 0.15) is 101 Å². The number of hydrogen-bond donors (Lipinski definition) is 20. The van der Waals surface area contributed by atoms with Crippen LogP contribution in [-0.2, 0) is 68.6 Å². The summed E-state index contributed by atoms with van der Waals surface area (Å²) in [6.45, 7) is 7.58. The lowest BCUT2D eigenvalue weighted by atomic mass is 9.85. The topological polar surface area (TPSA) is 559 Å². The van der Waals surface area contributed by atoms with E-state index in [9.17, 15) is 78.3 Å². The number of phenolic OH excluding ortho intramolecular Hbond substituents is 3. The van der Waals surface area contributed by atoms with E-state index in [1.54, 1.807) is 13.8 Å². The highest BCUT2D eigenvalue weighted by Gasteiger charge is 2.53. The number of piperidine rings is 1. The van der Waals surface area contributed by atoms with Crippen LogP contribution in [-0.4, -0.2) is 242 Å². The molecule has 0 radical (unpaired) electrons. The Kier molecular flexibility index (Phi) is 29.8. The Bertz CT molecular complexity index is 5060. The number of aliphatic hydroxyl groups excluding tert-OH is 6. The zero-order chi connectivity index (χ0) is 91.2. The summed E-state index contributed by atoms with van der Waals surface area (Å²) in [6, 6.07) is 4.39. The van der Waals surface area contributed by atoms with Crippen molar-refractivity contribution in [1.82, 2.24) is 58.2 Å². The van der Waals surface area contributed by atoms with Crippen LogP contribution in [0.25, 0.3) is 11.1 Å². The van der Waals surface area contributed by atoms with Crippen LogP contribution in [0.2, 0.25) is 10.0 Å². The fraction of sp³-hybridized carbons (Fsp3) is 0.458. The van der Waals surface area contributed by atoms with Crippen LogP contribution in [0.1, 0.15) is 124 Å². The summed E-state index contributed by atoms with van der Waals surface area (Å²) < 4.78 is 81.7. The maximum Gasteiger partial charge on any atom is 0.573 e. The van der Waals surface area contributed by atoms with E-state index in [0.717, 1.165) is 86.0 Å². The number of primary amides is 1. The Morgan fingerprint density at radius 3 is 1.95 bits per heavy atom. The molecule has 8 aliphatic rings. The van der Waals surface area contributed by atoms with Crippen molar-refractivity contribution in [2.24, 2.45) is 11.7 Å². The summed E-state index contributed by atoms with van der Waals surface area (Å²) in [4.78, 5) is 140. The number of alkyl halides is 3. The summed E-state index contributed by atoms with van der Waals surface area (Å²) >= 11 is 14.4. The maximum atomic E-state index is 16.3. The van der Waals surface area contributed by atoms with Gasteiger partial charge < -0.3 is 138 Å². The molecule has 3 saturated heterocycles. The van der Waals surface area contributed by atoms with Crippen LogP contribution in [0, 0.1) is 5.92 Å². The molecule has 18 atom stereocenters. The number of hydroxylamine groups is 1. The van der Waals surface area contributed by atoms with Crippen molar-refractivity contribution in [3.05, 3.63) is 147 Å². The molecular weight excluding hydrogens is 1710 g/mol. The van der Waals surface area contributed by atoms with Crippen LogP contribution >= 0.6 is 23.2 Å². The number of likely N-dealkylation sites (tertiary alicyclic amines) is 1. The molecule has 14 rings (SSSR count). The first kappa shape index (κ1) is 94.1. The summed E-state index contributed by atoms with van der Waals surface area (Å²) in [5.41, 5.74) is 4.41. The zero-order valence-electron chi connectivity index (χ0n) is 68.4. The van der Waals surface area contributed by atoms with Gasteiger partial charge in [-0.25, -0.2) is 5.48 Å². The third-order valence-corrected chi connectivity index (χ3v) is 23.0. The van der Waals surface area contributed by atoms with E-state index in [0.29, 0.717) is 38.0 Å². The van der Waals surface area contributed by atoms with E-state index in [4.69, 9.17) is 62.2 Å². The first-order valence-electron chi connectivity index (χ1n) is 40.1. The van der Waals surface area contributed by atoms with Crippen LogP contribution < -0.4 is 78.0 Å². The average Bonchev–Trinajstić information content (AvgIpc) is 0.764. The number of nitrogens with zero attached hydrogens (tertiary/aromatic N) is 1. The van der Waals surface area contributed by atoms with Gasteiger partial charge in [0, 0.05) is 61.4 Å². The Balaban J connectivity index is 0.959. The number of carbonyl (C=O) groups excluding carboxylic acids is 9. The van der Waals surface area contributed by atoms with E-state index in [-0.39, 0.29) is 71.1 Å². The van der Waals surface area contributed by atoms with Gasteiger partial charge >= 0.3 is 6.36 Å². The number of fused-ring (bicyclic) bond motifs is 15. The van der Waals surface area contributed by atoms with Crippen molar-refractivity contribution >= 4 is 76.4 Å². The molecule has 0 spiro atoms. The van der Waals surface area contributed by atoms with Gasteiger partial charge in [-0.3, -0.25) is 48.0 Å². The molecule has 0 saturated carbocycles. The van der Waals surface area contributed by atoms with Crippen molar-refractivity contribution < 1.29 is 140 Å². The number of carbonyl (C=O) groups is 9. The highest BCUT2D eigenvalue weighted by Crippen LogP contribution is 2.50. The van der Waals surface area contributed by atoms with Crippen LogP contribution in [0.15, 0.2) is 103 Å². The normalized spacial score (nSPS) is 27.0. The molecule has 126 heavy (non-hydrogen) atoms. The number of hydrogen-bond acceptors (Lipinski definition) is 29. The summed E-state index contributed by atoms with van der Waals surface area (Å²) in [6.07, 6.45) is -22.9. The van der Waals surface area contributed by atoms with E-state index >= 15 is 24.0 Å². The monoisotopic (exact) mass is 1800 g/mol. The number of ether oxygens (including phenoxy) is 7. The number of phenols is 3. The molecule has 6 aromatic rings. The van der Waals surface area contributed by atoms with Gasteiger partial charge in [-0.1, -0.05) is 67.4 Å². The first-order valence-corrected chi connectivity index (χ1v) is 40.8. The lowest BCUT2D eigenvalue weighted by Crippen LogP contribution is -2.66. The number of benzene rings is 6. The molecule has 6 aromatic carbocycles. The second-order valence-electron chi connectivity index (χ2n) is 31.9. The lowest BCUT2D eigenvalue weighted by Gasteiger charge is -2.48. The molecule has 3 fully saturated rings. The molecule has 43 heteroatoms. The van der Waals surface area contributed by atoms with Crippen molar-refractivity contribution in [2.75, 3.05) is 46.9 Å². The van der Waals surface area contributed by atoms with Gasteiger partial charge in [-0.05, 0) is 146 Å². The Morgan fingerprint density at radius 1 is 0.714 bits per heavy atom. The van der Waals surface area contributed by atoms with E-state index in [2.05, 4.69) is 63.0 Å². The second-order valence-corrected chi connectivity index (χ2v) is 32.8. The van der Waals surface area contributed by atoms with Crippen LogP contribution in [0.3, 0.4) is 0 Å². The Morgan fingerprint density at radius 2 is 1.34 bits per heavy atom. The van der Waals surface area contributed by atoms with Gasteiger partial charge in [0.25, 0.3) is 5.91 Å². The van der Waals surface area contributed by atoms with Crippen LogP contribution in [0.5, 0.6) is 51.7 Å². The number of aromatic hydroxyl groups is 3. The molecule has 16 unspecified atom stereocenters. The minimum Gasteiger partial charge on any atom is -0.508 e. The summed E-state index contributed by atoms with van der Waals surface area (Å²) in [5, 5.41) is 130. The summed E-state index contributed by atoms with van der Waals surface area (Å²) in [5.74, 6) is -16.2. The number of rotatable bonds is 22. The first-order chi connectivity index (χ1) is 59.7. The molecule has 0 aromatic heterocycles. The van der Waals surface area contributed by atoms with Gasteiger partial charge in [0.2, 0.25) is 59.3 Å².